The second-order valence-corrected chi connectivity index (χ2v) is 7.51. The lowest BCUT2D eigenvalue weighted by Crippen LogP contribution is -2.59. The lowest BCUT2D eigenvalue weighted by molar-refractivity contribution is -0.0946. The molecule has 2 N–H and O–H groups in total. The molecule has 1 heterocycles. The van der Waals surface area contributed by atoms with E-state index in [9.17, 15) is 0 Å². The molecule has 148 valence electrons. The Morgan fingerprint density at radius 1 is 1.15 bits per heavy atom. The minimum Gasteiger partial charge on any atom is -0.373 e. The van der Waals surface area contributed by atoms with E-state index in [4.69, 9.17) is 9.73 Å². The maximum absolute atomic E-state index is 5.87. The van der Waals surface area contributed by atoms with Crippen molar-refractivity contribution in [2.45, 2.75) is 58.9 Å². The van der Waals surface area contributed by atoms with Crippen LogP contribution in [0.25, 0.3) is 0 Å². The van der Waals surface area contributed by atoms with Crippen molar-refractivity contribution >= 4 is 29.9 Å². The van der Waals surface area contributed by atoms with Gasteiger partial charge in [-0.05, 0) is 40.2 Å². The zero-order valence-corrected chi connectivity index (χ0v) is 19.1. The number of hydrogen-bond donors (Lipinski definition) is 2. The van der Waals surface area contributed by atoms with Gasteiger partial charge in [0, 0.05) is 31.7 Å². The predicted octanol–water partition coefficient (Wildman–Crippen LogP) is 3.25. The largest absolute Gasteiger partial charge is 0.373 e. The minimum atomic E-state index is 0. The van der Waals surface area contributed by atoms with E-state index in [0.29, 0.717) is 6.54 Å². The van der Waals surface area contributed by atoms with Gasteiger partial charge in [0.05, 0.1) is 18.8 Å². The van der Waals surface area contributed by atoms with E-state index in [2.05, 4.69) is 74.4 Å². The number of aliphatic imine (C=N–C) groups is 1. The van der Waals surface area contributed by atoms with Crippen molar-refractivity contribution < 1.29 is 4.74 Å². The number of rotatable bonds is 6. The Kier molecular flexibility index (Phi) is 9.89. The Hall–Kier alpha value is -0.860. The van der Waals surface area contributed by atoms with Crippen LogP contribution >= 0.6 is 24.0 Å². The molecule has 1 aromatic rings. The second-order valence-electron chi connectivity index (χ2n) is 7.51. The quantitative estimate of drug-likeness (QED) is 0.378. The number of guanidine groups is 1. The molecular formula is C20H35IN4O. The van der Waals surface area contributed by atoms with Gasteiger partial charge in [-0.1, -0.05) is 30.3 Å². The van der Waals surface area contributed by atoms with Crippen LogP contribution in [0.3, 0.4) is 0 Å². The van der Waals surface area contributed by atoms with Gasteiger partial charge in [-0.2, -0.15) is 0 Å². The fourth-order valence-electron chi connectivity index (χ4n) is 3.18. The summed E-state index contributed by atoms with van der Waals surface area (Å²) in [6.45, 7) is 15.3. The SMILES string of the molecule is CCNC(=NCc1ccccc1)NCC(C)(C)N1CC(C)OC(C)C1.I. The smallest absolute Gasteiger partial charge is 0.191 e. The van der Waals surface area contributed by atoms with E-state index in [-0.39, 0.29) is 41.7 Å². The normalized spacial score (nSPS) is 21.8. The highest BCUT2D eigenvalue weighted by Gasteiger charge is 2.33. The Morgan fingerprint density at radius 2 is 1.77 bits per heavy atom. The number of ether oxygens (including phenoxy) is 1. The van der Waals surface area contributed by atoms with Crippen LogP contribution in [0.1, 0.15) is 40.2 Å². The van der Waals surface area contributed by atoms with Gasteiger partial charge in [-0.15, -0.1) is 24.0 Å². The Bertz CT molecular complexity index is 540. The highest BCUT2D eigenvalue weighted by molar-refractivity contribution is 14.0. The van der Waals surface area contributed by atoms with Crippen LogP contribution in [0.5, 0.6) is 0 Å². The minimum absolute atomic E-state index is 0. The molecule has 1 aliphatic heterocycles. The molecule has 1 aromatic carbocycles. The van der Waals surface area contributed by atoms with Crippen molar-refractivity contribution in [3.8, 4) is 0 Å². The van der Waals surface area contributed by atoms with Crippen molar-refractivity contribution in [3.05, 3.63) is 35.9 Å². The highest BCUT2D eigenvalue weighted by Crippen LogP contribution is 2.20. The summed E-state index contributed by atoms with van der Waals surface area (Å²) in [5, 5.41) is 6.86. The van der Waals surface area contributed by atoms with Gasteiger partial charge < -0.3 is 15.4 Å². The summed E-state index contributed by atoms with van der Waals surface area (Å²) in [5.41, 5.74) is 1.25. The number of halogens is 1. The molecule has 0 radical (unpaired) electrons. The average Bonchev–Trinajstić information content (AvgIpc) is 2.57. The molecule has 1 aliphatic rings. The molecule has 1 saturated heterocycles. The molecule has 1 fully saturated rings. The van der Waals surface area contributed by atoms with Crippen molar-refractivity contribution in [2.75, 3.05) is 26.2 Å². The zero-order valence-electron chi connectivity index (χ0n) is 16.8. The summed E-state index contributed by atoms with van der Waals surface area (Å²) in [7, 11) is 0. The first kappa shape index (κ1) is 23.2. The maximum Gasteiger partial charge on any atom is 0.191 e. The molecule has 5 nitrogen and oxygen atoms in total. The van der Waals surface area contributed by atoms with Gasteiger partial charge in [0.2, 0.25) is 0 Å². The molecule has 0 aromatic heterocycles. The van der Waals surface area contributed by atoms with Crippen LogP contribution in [0, 0.1) is 0 Å². The van der Waals surface area contributed by atoms with Crippen LogP contribution in [0.2, 0.25) is 0 Å². The Morgan fingerprint density at radius 3 is 2.35 bits per heavy atom. The third-order valence-corrected chi connectivity index (χ3v) is 4.57. The lowest BCUT2D eigenvalue weighted by Gasteiger charge is -2.45. The van der Waals surface area contributed by atoms with E-state index in [1.165, 1.54) is 5.56 Å². The first-order chi connectivity index (χ1) is 11.9. The molecule has 0 saturated carbocycles. The molecule has 2 rings (SSSR count). The van der Waals surface area contributed by atoms with Gasteiger partial charge in [0.15, 0.2) is 5.96 Å². The van der Waals surface area contributed by atoms with E-state index in [0.717, 1.165) is 32.1 Å². The van der Waals surface area contributed by atoms with Crippen LogP contribution in [-0.2, 0) is 11.3 Å². The van der Waals surface area contributed by atoms with Crippen LogP contribution in [-0.4, -0.2) is 54.8 Å². The molecule has 0 aliphatic carbocycles. The number of nitrogens with zero attached hydrogens (tertiary/aromatic N) is 2. The maximum atomic E-state index is 5.87. The van der Waals surface area contributed by atoms with Gasteiger partial charge in [-0.3, -0.25) is 4.90 Å². The van der Waals surface area contributed by atoms with Crippen LogP contribution < -0.4 is 10.6 Å². The molecule has 0 spiro atoms. The number of benzene rings is 1. The lowest BCUT2D eigenvalue weighted by atomic mass is 10.00. The number of hydrogen-bond acceptors (Lipinski definition) is 3. The standard InChI is InChI=1S/C20H34N4O.HI/c1-6-21-19(22-12-18-10-8-7-9-11-18)23-15-20(4,5)24-13-16(2)25-17(3)14-24;/h7-11,16-17H,6,12-15H2,1-5H3,(H2,21,22,23);1H. The van der Waals surface area contributed by atoms with Crippen LogP contribution in [0.15, 0.2) is 35.3 Å². The highest BCUT2D eigenvalue weighted by atomic mass is 127. The third-order valence-electron chi connectivity index (χ3n) is 4.57. The second kappa shape index (κ2) is 11.1. The molecule has 6 heteroatoms. The fourth-order valence-corrected chi connectivity index (χ4v) is 3.18. The summed E-state index contributed by atoms with van der Waals surface area (Å²) in [5.74, 6) is 0.869. The molecule has 0 amide bonds. The Balaban J connectivity index is 0.00000338. The topological polar surface area (TPSA) is 48.9 Å². The summed E-state index contributed by atoms with van der Waals surface area (Å²) < 4.78 is 5.87. The summed E-state index contributed by atoms with van der Waals surface area (Å²) in [6, 6.07) is 10.3. The van der Waals surface area contributed by atoms with E-state index in [1.807, 2.05) is 6.07 Å². The van der Waals surface area contributed by atoms with E-state index >= 15 is 0 Å². The van der Waals surface area contributed by atoms with Crippen molar-refractivity contribution in [2.24, 2.45) is 4.99 Å². The zero-order chi connectivity index (χ0) is 18.3. The number of nitrogens with one attached hydrogen (secondary N) is 2. The molecule has 0 bridgehead atoms. The van der Waals surface area contributed by atoms with E-state index in [1.54, 1.807) is 0 Å². The summed E-state index contributed by atoms with van der Waals surface area (Å²) in [4.78, 5) is 7.23. The third kappa shape index (κ3) is 7.40. The van der Waals surface area contributed by atoms with Crippen molar-refractivity contribution in [1.29, 1.82) is 0 Å². The molecule has 2 unspecified atom stereocenters. The van der Waals surface area contributed by atoms with Gasteiger partial charge in [-0.25, -0.2) is 4.99 Å². The van der Waals surface area contributed by atoms with Gasteiger partial charge in [0.1, 0.15) is 0 Å². The van der Waals surface area contributed by atoms with E-state index < -0.39 is 0 Å². The predicted molar refractivity (Wildman–Crippen MR) is 120 cm³/mol. The first-order valence-corrected chi connectivity index (χ1v) is 9.37. The molecular weight excluding hydrogens is 439 g/mol. The van der Waals surface area contributed by atoms with Crippen LogP contribution in [0.4, 0.5) is 0 Å². The summed E-state index contributed by atoms with van der Waals surface area (Å²) in [6.07, 6.45) is 0.561. The van der Waals surface area contributed by atoms with Gasteiger partial charge >= 0.3 is 0 Å². The number of morpholine rings is 1. The molecule has 26 heavy (non-hydrogen) atoms. The average molecular weight is 474 g/mol. The summed E-state index contributed by atoms with van der Waals surface area (Å²) >= 11 is 0. The van der Waals surface area contributed by atoms with Crippen molar-refractivity contribution in [3.63, 3.8) is 0 Å². The monoisotopic (exact) mass is 474 g/mol. The first-order valence-electron chi connectivity index (χ1n) is 9.37. The fraction of sp³-hybridized carbons (Fsp3) is 0.650. The van der Waals surface area contributed by atoms with Gasteiger partial charge in [0.25, 0.3) is 0 Å². The Labute approximate surface area is 176 Å². The molecule has 2 atom stereocenters. The van der Waals surface area contributed by atoms with Crippen molar-refractivity contribution in [1.82, 2.24) is 15.5 Å².